The van der Waals surface area contributed by atoms with Crippen LogP contribution in [0, 0.1) is 0 Å². The van der Waals surface area contributed by atoms with Crippen molar-refractivity contribution in [2.75, 3.05) is 26.7 Å². The van der Waals surface area contributed by atoms with Crippen molar-refractivity contribution in [3.05, 3.63) is 88.4 Å². The molecule has 0 unspecified atom stereocenters. The van der Waals surface area contributed by atoms with E-state index in [1.54, 1.807) is 28.2 Å². The van der Waals surface area contributed by atoms with Crippen LogP contribution >= 0.6 is 11.3 Å². The number of carbonyl (C=O) groups excluding carboxylic acids is 2. The van der Waals surface area contributed by atoms with Crippen LogP contribution in [0.4, 0.5) is 13.2 Å². The molecule has 198 valence electrons. The van der Waals surface area contributed by atoms with Crippen LogP contribution in [-0.2, 0) is 12.7 Å². The Hall–Kier alpha value is -3.79. The summed E-state index contributed by atoms with van der Waals surface area (Å²) >= 11 is 1.56. The second-order valence-corrected chi connectivity index (χ2v) is 10.2. The van der Waals surface area contributed by atoms with E-state index in [1.807, 2.05) is 53.3 Å². The molecule has 2 aromatic carbocycles. The standard InChI is InChI=1S/C28H26F3N3O3S/c1-18-16-32(12-13-33(18)25(35)19-7-9-22(10-8-19)28(29,30)31)26(36)23-15-20-11-14-38-27(20)34(23)17-21-5-3-4-6-24(21)37-2/h3-11,14-15,18H,12-13,16-17H2,1-2H3/t18-/m1/s1. The number of nitrogens with zero attached hydrogens (tertiary/aromatic N) is 3. The quantitative estimate of drug-likeness (QED) is 0.323. The highest BCUT2D eigenvalue weighted by Gasteiger charge is 2.34. The van der Waals surface area contributed by atoms with Crippen LogP contribution < -0.4 is 4.74 Å². The van der Waals surface area contributed by atoms with Gasteiger partial charge in [-0.1, -0.05) is 18.2 Å². The molecular weight excluding hydrogens is 515 g/mol. The second-order valence-electron chi connectivity index (χ2n) is 9.28. The molecule has 1 saturated heterocycles. The number of aromatic nitrogens is 1. The first-order valence-corrected chi connectivity index (χ1v) is 13.0. The van der Waals surface area contributed by atoms with Crippen molar-refractivity contribution in [2.45, 2.75) is 25.7 Å². The zero-order valence-electron chi connectivity index (χ0n) is 20.9. The van der Waals surface area contributed by atoms with E-state index in [0.29, 0.717) is 25.3 Å². The number of alkyl halides is 3. The molecule has 6 nitrogen and oxygen atoms in total. The highest BCUT2D eigenvalue weighted by molar-refractivity contribution is 7.16. The van der Waals surface area contributed by atoms with Crippen molar-refractivity contribution in [3.63, 3.8) is 0 Å². The summed E-state index contributed by atoms with van der Waals surface area (Å²) in [6, 6.07) is 15.5. The predicted octanol–water partition coefficient (Wildman–Crippen LogP) is 5.77. The molecule has 4 aromatic rings. The first-order chi connectivity index (χ1) is 18.2. The van der Waals surface area contributed by atoms with Crippen LogP contribution in [-0.4, -0.2) is 59.0 Å². The van der Waals surface area contributed by atoms with E-state index in [0.717, 1.165) is 33.7 Å². The van der Waals surface area contributed by atoms with Gasteiger partial charge in [-0.3, -0.25) is 9.59 Å². The molecule has 1 aliphatic rings. The second kappa shape index (κ2) is 10.2. The number of piperazine rings is 1. The molecule has 3 heterocycles. The molecule has 0 radical (unpaired) electrons. The number of benzene rings is 2. The Morgan fingerprint density at radius 3 is 2.45 bits per heavy atom. The summed E-state index contributed by atoms with van der Waals surface area (Å²) in [5.74, 6) is 0.267. The molecule has 0 spiro atoms. The Kier molecular flexibility index (Phi) is 6.92. The molecule has 38 heavy (non-hydrogen) atoms. The van der Waals surface area contributed by atoms with Gasteiger partial charge < -0.3 is 19.1 Å². The molecule has 10 heteroatoms. The Labute approximate surface area is 221 Å². The van der Waals surface area contributed by atoms with Gasteiger partial charge in [-0.15, -0.1) is 11.3 Å². The van der Waals surface area contributed by atoms with E-state index >= 15 is 0 Å². The molecular formula is C28H26F3N3O3S. The molecule has 0 aliphatic carbocycles. The Bertz CT molecular complexity index is 1480. The fourth-order valence-electron chi connectivity index (χ4n) is 4.89. The Morgan fingerprint density at radius 1 is 1.03 bits per heavy atom. The van der Waals surface area contributed by atoms with E-state index in [-0.39, 0.29) is 30.0 Å². The molecule has 1 fully saturated rings. The monoisotopic (exact) mass is 541 g/mol. The molecule has 1 aliphatic heterocycles. The van der Waals surface area contributed by atoms with E-state index in [2.05, 4.69) is 0 Å². The summed E-state index contributed by atoms with van der Waals surface area (Å²) in [5, 5.41) is 2.98. The maximum atomic E-state index is 13.7. The molecule has 0 bridgehead atoms. The van der Waals surface area contributed by atoms with Gasteiger partial charge in [0.25, 0.3) is 11.8 Å². The predicted molar refractivity (Wildman–Crippen MR) is 140 cm³/mol. The van der Waals surface area contributed by atoms with Gasteiger partial charge in [0, 0.05) is 42.2 Å². The van der Waals surface area contributed by atoms with Crippen molar-refractivity contribution >= 4 is 33.4 Å². The van der Waals surface area contributed by atoms with Gasteiger partial charge >= 0.3 is 6.18 Å². The fourth-order valence-corrected chi connectivity index (χ4v) is 5.78. The van der Waals surface area contributed by atoms with Crippen molar-refractivity contribution in [2.24, 2.45) is 0 Å². The number of rotatable bonds is 5. The summed E-state index contributed by atoms with van der Waals surface area (Å²) in [7, 11) is 1.62. The zero-order valence-corrected chi connectivity index (χ0v) is 21.7. The SMILES string of the molecule is COc1ccccc1Cn1c(C(=O)N2CCN(C(=O)c3ccc(C(F)(F)F)cc3)[C@H](C)C2)cc2ccsc21. The van der Waals surface area contributed by atoms with E-state index < -0.39 is 11.7 Å². The van der Waals surface area contributed by atoms with Crippen LogP contribution in [0.15, 0.2) is 66.0 Å². The number of fused-ring (bicyclic) bond motifs is 1. The third kappa shape index (κ3) is 4.88. The lowest BCUT2D eigenvalue weighted by Gasteiger charge is -2.40. The van der Waals surface area contributed by atoms with Gasteiger partial charge in [0.2, 0.25) is 0 Å². The number of para-hydroxylation sites is 1. The first kappa shape index (κ1) is 25.8. The number of halogens is 3. The average Bonchev–Trinajstić information content (AvgIpc) is 3.50. The largest absolute Gasteiger partial charge is 0.496 e. The molecule has 1 atom stereocenters. The van der Waals surface area contributed by atoms with E-state index in [4.69, 9.17) is 4.74 Å². The number of ether oxygens (including phenoxy) is 1. The van der Waals surface area contributed by atoms with Crippen LogP contribution in [0.1, 0.15) is 38.9 Å². The lowest BCUT2D eigenvalue weighted by Crippen LogP contribution is -2.55. The van der Waals surface area contributed by atoms with Gasteiger partial charge in [-0.25, -0.2) is 0 Å². The van der Waals surface area contributed by atoms with Crippen molar-refractivity contribution < 1.29 is 27.5 Å². The van der Waals surface area contributed by atoms with Gasteiger partial charge in [-0.2, -0.15) is 13.2 Å². The van der Waals surface area contributed by atoms with Gasteiger partial charge in [-0.05, 0) is 54.8 Å². The number of hydrogen-bond donors (Lipinski definition) is 0. The summed E-state index contributed by atoms with van der Waals surface area (Å²) in [6.45, 7) is 3.24. The third-order valence-electron chi connectivity index (χ3n) is 6.88. The molecule has 0 saturated carbocycles. The van der Waals surface area contributed by atoms with Crippen LogP contribution in [0.25, 0.3) is 10.2 Å². The highest BCUT2D eigenvalue weighted by atomic mass is 32.1. The minimum Gasteiger partial charge on any atom is -0.496 e. The minimum atomic E-state index is -4.46. The van der Waals surface area contributed by atoms with Crippen molar-refractivity contribution in [1.82, 2.24) is 14.4 Å². The summed E-state index contributed by atoms with van der Waals surface area (Å²) in [6.07, 6.45) is -4.46. The summed E-state index contributed by atoms with van der Waals surface area (Å²) in [5.41, 5.74) is 0.909. The molecule has 2 aromatic heterocycles. The van der Waals surface area contributed by atoms with E-state index in [1.165, 1.54) is 12.1 Å². The number of hydrogen-bond acceptors (Lipinski definition) is 4. The van der Waals surface area contributed by atoms with Crippen LogP contribution in [0.3, 0.4) is 0 Å². The summed E-state index contributed by atoms with van der Waals surface area (Å²) in [4.78, 5) is 31.1. The average molecular weight is 542 g/mol. The normalized spacial score (nSPS) is 16.2. The minimum absolute atomic E-state index is 0.128. The van der Waals surface area contributed by atoms with Gasteiger partial charge in [0.05, 0.1) is 19.2 Å². The zero-order chi connectivity index (χ0) is 27.0. The lowest BCUT2D eigenvalue weighted by atomic mass is 10.1. The number of amides is 2. The fraction of sp³-hybridized carbons (Fsp3) is 0.286. The lowest BCUT2D eigenvalue weighted by molar-refractivity contribution is -0.137. The van der Waals surface area contributed by atoms with Crippen molar-refractivity contribution in [1.29, 1.82) is 0 Å². The van der Waals surface area contributed by atoms with Gasteiger partial charge in [0.1, 0.15) is 16.3 Å². The van der Waals surface area contributed by atoms with E-state index in [9.17, 15) is 22.8 Å². The Morgan fingerprint density at radius 2 is 1.76 bits per heavy atom. The van der Waals surface area contributed by atoms with Gasteiger partial charge in [0.15, 0.2) is 0 Å². The van der Waals surface area contributed by atoms with Crippen molar-refractivity contribution in [3.8, 4) is 5.75 Å². The maximum Gasteiger partial charge on any atom is 0.416 e. The molecule has 0 N–H and O–H groups in total. The van der Waals surface area contributed by atoms with Crippen LogP contribution in [0.2, 0.25) is 0 Å². The number of thiophene rings is 1. The molecule has 5 rings (SSSR count). The topological polar surface area (TPSA) is 54.8 Å². The number of carbonyl (C=O) groups is 2. The first-order valence-electron chi connectivity index (χ1n) is 12.1. The Balaban J connectivity index is 1.34. The smallest absolute Gasteiger partial charge is 0.416 e. The summed E-state index contributed by atoms with van der Waals surface area (Å²) < 4.78 is 46.2. The maximum absolute atomic E-state index is 13.7. The number of methoxy groups -OCH3 is 1. The third-order valence-corrected chi connectivity index (χ3v) is 7.83. The highest BCUT2D eigenvalue weighted by Crippen LogP contribution is 2.31. The molecule has 2 amide bonds. The van der Waals surface area contributed by atoms with Crippen LogP contribution in [0.5, 0.6) is 5.75 Å².